The Balaban J connectivity index is 1.39. The first kappa shape index (κ1) is 40.4. The summed E-state index contributed by atoms with van der Waals surface area (Å²) in [6.45, 7) is 8.88. The predicted molar refractivity (Wildman–Crippen MR) is 200 cm³/mol. The third-order valence-electron chi connectivity index (χ3n) is 11.9. The Bertz CT molecular complexity index is 1500. The SMILES string of the molecule is CCC[C@H](NC(=O)[C@@H]1CC2CCCCC2N1C(=O)[C@@H](NC(=O)[C@@H](NC(=O)[C@@](C)(O)c1ccccc1)C1CCCCC1)C(C)(C)C)C(=O)C(=O)NC1CC1. The molecule has 1 aromatic rings. The van der Waals surface area contributed by atoms with Crippen molar-refractivity contribution in [1.29, 1.82) is 0 Å². The molecule has 5 rings (SSSR count). The Labute approximate surface area is 314 Å². The first-order chi connectivity index (χ1) is 25.1. The first-order valence-corrected chi connectivity index (χ1v) is 20.0. The molecule has 1 aliphatic heterocycles. The number of aliphatic hydroxyl groups is 1. The second kappa shape index (κ2) is 17.1. The maximum absolute atomic E-state index is 14.9. The van der Waals surface area contributed by atoms with Crippen LogP contribution in [0.15, 0.2) is 30.3 Å². The number of hydrogen-bond acceptors (Lipinski definition) is 7. The molecule has 0 aromatic heterocycles. The van der Waals surface area contributed by atoms with Crippen LogP contribution in [0, 0.1) is 17.3 Å². The van der Waals surface area contributed by atoms with E-state index in [-0.39, 0.29) is 29.8 Å². The zero-order chi connectivity index (χ0) is 38.5. The van der Waals surface area contributed by atoms with E-state index in [0.29, 0.717) is 37.7 Å². The minimum absolute atomic E-state index is 0.00286. The molecule has 4 fully saturated rings. The van der Waals surface area contributed by atoms with Crippen LogP contribution in [0.2, 0.25) is 0 Å². The summed E-state index contributed by atoms with van der Waals surface area (Å²) in [6, 6.07) is 4.48. The lowest BCUT2D eigenvalue weighted by molar-refractivity contribution is -0.148. The molecule has 5 N–H and O–H groups in total. The third-order valence-corrected chi connectivity index (χ3v) is 11.9. The molecule has 0 radical (unpaired) electrons. The van der Waals surface area contributed by atoms with E-state index in [4.69, 9.17) is 0 Å². The van der Waals surface area contributed by atoms with Crippen LogP contribution in [-0.2, 0) is 34.4 Å². The standard InChI is InChI=1S/C41H61N5O7/c1-6-15-29(33(47)37(50)42-28-22-23-28)43-35(48)31-24-26-18-13-14-21-30(26)46(31)38(51)34(40(2,3)4)45-36(49)32(25-16-9-7-10-17-25)44-39(52)41(5,53)27-19-11-8-12-20-27/h8,11-12,19-20,25-26,28-32,34,53H,6-7,9-10,13-18,21-24H2,1-5H3,(H,42,50)(H,43,48)(H,44,52)(H,45,49)/t26?,29-,30?,31-,32-,34+,41-/m0/s1. The smallest absolute Gasteiger partial charge is 0.289 e. The Kier molecular flexibility index (Phi) is 13.0. The van der Waals surface area contributed by atoms with Crippen molar-refractivity contribution in [3.05, 3.63) is 35.9 Å². The lowest BCUT2D eigenvalue weighted by Gasteiger charge is -2.41. The molecule has 12 heteroatoms. The largest absolute Gasteiger partial charge is 0.376 e. The number of nitrogens with zero attached hydrogens (tertiary/aromatic N) is 1. The fourth-order valence-electron chi connectivity index (χ4n) is 8.55. The molecule has 1 saturated heterocycles. The lowest BCUT2D eigenvalue weighted by atomic mass is 9.81. The van der Waals surface area contributed by atoms with Crippen molar-refractivity contribution in [1.82, 2.24) is 26.2 Å². The number of carbonyl (C=O) groups is 6. The number of benzene rings is 1. The number of fused-ring (bicyclic) bond motifs is 1. The van der Waals surface area contributed by atoms with Gasteiger partial charge in [0.25, 0.3) is 11.8 Å². The van der Waals surface area contributed by atoms with Crippen molar-refractivity contribution in [2.75, 3.05) is 0 Å². The number of ketones is 1. The monoisotopic (exact) mass is 735 g/mol. The summed E-state index contributed by atoms with van der Waals surface area (Å²) in [5.74, 6) is -3.51. The van der Waals surface area contributed by atoms with Gasteiger partial charge in [-0.25, -0.2) is 0 Å². The van der Waals surface area contributed by atoms with Gasteiger partial charge in [0.2, 0.25) is 23.5 Å². The summed E-state index contributed by atoms with van der Waals surface area (Å²) in [6.07, 6.45) is 10.7. The molecular formula is C41H61N5O7. The highest BCUT2D eigenvalue weighted by Gasteiger charge is 2.51. The summed E-state index contributed by atoms with van der Waals surface area (Å²) in [5, 5.41) is 22.8. The van der Waals surface area contributed by atoms with Gasteiger partial charge in [-0.05, 0) is 81.1 Å². The molecule has 0 bridgehead atoms. The van der Waals surface area contributed by atoms with E-state index < -0.39 is 64.6 Å². The second-order valence-corrected chi connectivity index (χ2v) is 17.2. The number of likely N-dealkylation sites (tertiary alicyclic amines) is 1. The number of rotatable bonds is 14. The fourth-order valence-corrected chi connectivity index (χ4v) is 8.55. The summed E-state index contributed by atoms with van der Waals surface area (Å²) in [4.78, 5) is 84.7. The van der Waals surface area contributed by atoms with Crippen molar-refractivity contribution in [3.8, 4) is 0 Å². The van der Waals surface area contributed by atoms with Crippen LogP contribution in [0.1, 0.15) is 130 Å². The van der Waals surface area contributed by atoms with Gasteiger partial charge in [-0.2, -0.15) is 0 Å². The van der Waals surface area contributed by atoms with Gasteiger partial charge in [-0.15, -0.1) is 0 Å². The maximum Gasteiger partial charge on any atom is 0.289 e. The predicted octanol–water partition coefficient (Wildman–Crippen LogP) is 3.78. The molecule has 12 nitrogen and oxygen atoms in total. The molecular weight excluding hydrogens is 674 g/mol. The van der Waals surface area contributed by atoms with Crippen LogP contribution in [0.4, 0.5) is 0 Å². The average Bonchev–Trinajstić information content (AvgIpc) is 3.87. The molecule has 292 valence electrons. The Hall–Kier alpha value is -3.80. The van der Waals surface area contributed by atoms with E-state index in [2.05, 4.69) is 21.3 Å². The molecule has 3 saturated carbocycles. The molecule has 7 atom stereocenters. The van der Waals surface area contributed by atoms with Crippen molar-refractivity contribution in [3.63, 3.8) is 0 Å². The minimum atomic E-state index is -1.89. The number of carbonyl (C=O) groups excluding carboxylic acids is 6. The normalized spacial score (nSPS) is 24.8. The van der Waals surface area contributed by atoms with Crippen LogP contribution in [0.25, 0.3) is 0 Å². The average molecular weight is 736 g/mol. The fraction of sp³-hybridized carbons (Fsp3) is 0.707. The van der Waals surface area contributed by atoms with Gasteiger partial charge >= 0.3 is 0 Å². The number of Topliss-reactive ketones (excluding diaryl/α,β-unsaturated/α-hetero) is 1. The lowest BCUT2D eigenvalue weighted by Crippen LogP contribution is -2.63. The van der Waals surface area contributed by atoms with E-state index in [1.807, 2.05) is 27.7 Å². The van der Waals surface area contributed by atoms with E-state index in [0.717, 1.165) is 57.8 Å². The molecule has 53 heavy (non-hydrogen) atoms. The van der Waals surface area contributed by atoms with E-state index in [9.17, 15) is 33.9 Å². The molecule has 1 heterocycles. The van der Waals surface area contributed by atoms with Crippen LogP contribution in [0.5, 0.6) is 0 Å². The highest BCUT2D eigenvalue weighted by molar-refractivity contribution is 6.38. The van der Waals surface area contributed by atoms with Crippen molar-refractivity contribution < 1.29 is 33.9 Å². The maximum atomic E-state index is 14.9. The molecule has 5 amide bonds. The summed E-state index contributed by atoms with van der Waals surface area (Å²) < 4.78 is 0. The topological polar surface area (TPSA) is 174 Å². The zero-order valence-electron chi connectivity index (χ0n) is 32.2. The van der Waals surface area contributed by atoms with Crippen molar-refractivity contribution in [2.45, 2.75) is 166 Å². The number of amides is 5. The van der Waals surface area contributed by atoms with Gasteiger partial charge in [-0.3, -0.25) is 28.8 Å². The van der Waals surface area contributed by atoms with Gasteiger partial charge < -0.3 is 31.3 Å². The van der Waals surface area contributed by atoms with Crippen LogP contribution >= 0.6 is 0 Å². The van der Waals surface area contributed by atoms with Crippen LogP contribution in [0.3, 0.4) is 0 Å². The molecule has 4 aliphatic rings. The second-order valence-electron chi connectivity index (χ2n) is 17.2. The highest BCUT2D eigenvalue weighted by Crippen LogP contribution is 2.41. The van der Waals surface area contributed by atoms with Crippen molar-refractivity contribution >= 4 is 35.3 Å². The first-order valence-electron chi connectivity index (χ1n) is 20.0. The summed E-state index contributed by atoms with van der Waals surface area (Å²) in [7, 11) is 0. The van der Waals surface area contributed by atoms with Crippen LogP contribution < -0.4 is 21.3 Å². The highest BCUT2D eigenvalue weighted by atomic mass is 16.3. The summed E-state index contributed by atoms with van der Waals surface area (Å²) >= 11 is 0. The Morgan fingerprint density at radius 2 is 1.47 bits per heavy atom. The summed E-state index contributed by atoms with van der Waals surface area (Å²) in [5.41, 5.74) is -2.27. The van der Waals surface area contributed by atoms with E-state index in [1.54, 1.807) is 35.2 Å². The molecule has 3 aliphatic carbocycles. The molecule has 0 spiro atoms. The van der Waals surface area contributed by atoms with Crippen LogP contribution in [-0.4, -0.2) is 81.6 Å². The van der Waals surface area contributed by atoms with Gasteiger partial charge in [-0.1, -0.05) is 96.6 Å². The van der Waals surface area contributed by atoms with Gasteiger partial charge in [0.15, 0.2) is 5.60 Å². The Morgan fingerprint density at radius 1 is 0.830 bits per heavy atom. The zero-order valence-corrected chi connectivity index (χ0v) is 32.2. The molecule has 1 aromatic carbocycles. The van der Waals surface area contributed by atoms with E-state index >= 15 is 0 Å². The van der Waals surface area contributed by atoms with E-state index in [1.165, 1.54) is 6.92 Å². The minimum Gasteiger partial charge on any atom is -0.376 e. The van der Waals surface area contributed by atoms with Gasteiger partial charge in [0.05, 0.1) is 6.04 Å². The van der Waals surface area contributed by atoms with Crippen molar-refractivity contribution in [2.24, 2.45) is 17.3 Å². The Morgan fingerprint density at radius 3 is 2.09 bits per heavy atom. The third kappa shape index (κ3) is 9.66. The molecule has 2 unspecified atom stereocenters. The van der Waals surface area contributed by atoms with Gasteiger partial charge in [0, 0.05) is 12.1 Å². The number of hydrogen-bond donors (Lipinski definition) is 5. The van der Waals surface area contributed by atoms with Gasteiger partial charge in [0.1, 0.15) is 18.1 Å². The quantitative estimate of drug-likeness (QED) is 0.181. The number of nitrogens with one attached hydrogen (secondary N) is 4.